The van der Waals surface area contributed by atoms with Crippen molar-refractivity contribution >= 4 is 5.91 Å². The Morgan fingerprint density at radius 3 is 2.88 bits per heavy atom. The van der Waals surface area contributed by atoms with Crippen LogP contribution in [0.5, 0.6) is 0 Å². The van der Waals surface area contributed by atoms with Crippen molar-refractivity contribution in [1.29, 1.82) is 0 Å². The Kier molecular flexibility index (Phi) is 5.88. The maximum Gasteiger partial charge on any atom is 0.252 e. The third kappa shape index (κ3) is 3.66. The van der Waals surface area contributed by atoms with Crippen LogP contribution in [0.1, 0.15) is 19.8 Å². The van der Waals surface area contributed by atoms with Crippen LogP contribution >= 0.6 is 0 Å². The number of nitrogens with two attached hydrogens (primary N) is 1. The molecule has 1 aliphatic heterocycles. The van der Waals surface area contributed by atoms with Gasteiger partial charge in [-0.05, 0) is 25.9 Å². The van der Waals surface area contributed by atoms with Gasteiger partial charge in [0.15, 0.2) is 0 Å². The maximum absolute atomic E-state index is 12.0. The van der Waals surface area contributed by atoms with Crippen LogP contribution < -0.4 is 5.73 Å². The topological polar surface area (TPSA) is 58.8 Å². The Morgan fingerprint density at radius 2 is 2.35 bits per heavy atom. The minimum absolute atomic E-state index is 0.0158. The standard InChI is InChI=1S/C12H25N3O2/c1-4-15-7-5-6-10(15)9-14(2)12(16)11(8-13)17-3/h10-11H,4-9,13H2,1-3H3. The number of rotatable bonds is 6. The molecule has 1 amide bonds. The summed E-state index contributed by atoms with van der Waals surface area (Å²) in [7, 11) is 3.35. The third-order valence-electron chi connectivity index (χ3n) is 3.54. The van der Waals surface area contributed by atoms with E-state index in [1.165, 1.54) is 20.0 Å². The van der Waals surface area contributed by atoms with E-state index in [0.29, 0.717) is 6.04 Å². The molecule has 0 aromatic rings. The molecule has 1 saturated heterocycles. The second-order valence-electron chi connectivity index (χ2n) is 4.60. The quantitative estimate of drug-likeness (QED) is 0.708. The fraction of sp³-hybridized carbons (Fsp3) is 0.917. The summed E-state index contributed by atoms with van der Waals surface area (Å²) in [5, 5.41) is 0. The zero-order valence-electron chi connectivity index (χ0n) is 11.2. The van der Waals surface area contributed by atoms with Crippen LogP contribution in [0.4, 0.5) is 0 Å². The maximum atomic E-state index is 12.0. The predicted octanol–water partition coefficient (Wildman–Crippen LogP) is -0.0972. The summed E-state index contributed by atoms with van der Waals surface area (Å²) in [6.45, 7) is 5.37. The molecule has 0 aromatic heterocycles. The van der Waals surface area contributed by atoms with Crippen molar-refractivity contribution in [2.24, 2.45) is 5.73 Å². The van der Waals surface area contributed by atoms with Gasteiger partial charge in [0.25, 0.3) is 5.91 Å². The van der Waals surface area contributed by atoms with Crippen molar-refractivity contribution in [3.05, 3.63) is 0 Å². The van der Waals surface area contributed by atoms with Crippen LogP contribution in [-0.4, -0.2) is 68.2 Å². The van der Waals surface area contributed by atoms with E-state index in [9.17, 15) is 4.79 Å². The second kappa shape index (κ2) is 6.93. The molecule has 100 valence electrons. The van der Waals surface area contributed by atoms with Crippen molar-refractivity contribution in [3.8, 4) is 0 Å². The number of hydrogen-bond donors (Lipinski definition) is 1. The fourth-order valence-corrected chi connectivity index (χ4v) is 2.47. The lowest BCUT2D eigenvalue weighted by molar-refractivity contribution is -0.140. The first-order valence-corrected chi connectivity index (χ1v) is 6.35. The molecule has 5 heteroatoms. The molecule has 0 aromatic carbocycles. The van der Waals surface area contributed by atoms with Crippen LogP contribution in [0, 0.1) is 0 Å². The third-order valence-corrected chi connectivity index (χ3v) is 3.54. The Labute approximate surface area is 104 Å². The highest BCUT2D eigenvalue weighted by Gasteiger charge is 2.27. The van der Waals surface area contributed by atoms with Gasteiger partial charge in [0.2, 0.25) is 0 Å². The van der Waals surface area contributed by atoms with Crippen molar-refractivity contribution in [2.45, 2.75) is 31.9 Å². The summed E-state index contributed by atoms with van der Waals surface area (Å²) < 4.78 is 5.07. The number of methoxy groups -OCH3 is 1. The van der Waals surface area contributed by atoms with Gasteiger partial charge < -0.3 is 15.4 Å². The first-order chi connectivity index (χ1) is 8.13. The lowest BCUT2D eigenvalue weighted by Crippen LogP contribution is -2.47. The summed E-state index contributed by atoms with van der Waals surface area (Å²) in [5.41, 5.74) is 5.50. The highest BCUT2D eigenvalue weighted by Crippen LogP contribution is 2.17. The molecular formula is C12H25N3O2. The average molecular weight is 243 g/mol. The molecule has 2 N–H and O–H groups in total. The highest BCUT2D eigenvalue weighted by molar-refractivity contribution is 5.81. The molecule has 17 heavy (non-hydrogen) atoms. The zero-order valence-corrected chi connectivity index (χ0v) is 11.2. The smallest absolute Gasteiger partial charge is 0.252 e. The largest absolute Gasteiger partial charge is 0.370 e. The monoisotopic (exact) mass is 243 g/mol. The van der Waals surface area contributed by atoms with Gasteiger partial charge in [-0.3, -0.25) is 9.69 Å². The minimum atomic E-state index is -0.503. The number of hydrogen-bond acceptors (Lipinski definition) is 4. The molecule has 0 radical (unpaired) electrons. The van der Waals surface area contributed by atoms with Gasteiger partial charge in [-0.1, -0.05) is 6.92 Å². The summed E-state index contributed by atoms with van der Waals surface area (Å²) in [5.74, 6) is -0.0158. The summed E-state index contributed by atoms with van der Waals surface area (Å²) in [6.07, 6.45) is 1.90. The minimum Gasteiger partial charge on any atom is -0.370 e. The zero-order chi connectivity index (χ0) is 12.8. The van der Waals surface area contributed by atoms with Gasteiger partial charge in [0, 0.05) is 33.3 Å². The van der Waals surface area contributed by atoms with Crippen molar-refractivity contribution in [3.63, 3.8) is 0 Å². The second-order valence-corrected chi connectivity index (χ2v) is 4.60. The normalized spacial score (nSPS) is 22.7. The van der Waals surface area contributed by atoms with Crippen molar-refractivity contribution in [1.82, 2.24) is 9.80 Å². The average Bonchev–Trinajstić information content (AvgIpc) is 2.77. The fourth-order valence-electron chi connectivity index (χ4n) is 2.47. The molecule has 1 fully saturated rings. The molecule has 5 nitrogen and oxygen atoms in total. The molecule has 2 atom stereocenters. The molecule has 1 heterocycles. The Hall–Kier alpha value is -0.650. The first-order valence-electron chi connectivity index (χ1n) is 6.35. The number of nitrogens with zero attached hydrogens (tertiary/aromatic N) is 2. The van der Waals surface area contributed by atoms with Crippen molar-refractivity contribution < 1.29 is 9.53 Å². The van der Waals surface area contributed by atoms with E-state index in [2.05, 4.69) is 11.8 Å². The number of carbonyl (C=O) groups excluding carboxylic acids is 1. The van der Waals surface area contributed by atoms with Gasteiger partial charge in [-0.15, -0.1) is 0 Å². The molecule has 0 bridgehead atoms. The van der Waals surface area contributed by atoms with Gasteiger partial charge >= 0.3 is 0 Å². The Morgan fingerprint density at radius 1 is 1.65 bits per heavy atom. The van der Waals surface area contributed by atoms with Crippen LogP contribution in [-0.2, 0) is 9.53 Å². The number of ether oxygens (including phenoxy) is 1. The lowest BCUT2D eigenvalue weighted by atomic mass is 10.2. The number of amides is 1. The van der Waals surface area contributed by atoms with E-state index in [-0.39, 0.29) is 12.5 Å². The number of likely N-dealkylation sites (tertiary alicyclic amines) is 1. The van der Waals surface area contributed by atoms with Crippen LogP contribution in [0.3, 0.4) is 0 Å². The lowest BCUT2D eigenvalue weighted by Gasteiger charge is -2.29. The number of carbonyl (C=O) groups is 1. The summed E-state index contributed by atoms with van der Waals surface area (Å²) in [6, 6.07) is 0.490. The molecule has 1 aliphatic rings. The molecule has 0 spiro atoms. The van der Waals surface area contributed by atoms with Gasteiger partial charge in [-0.25, -0.2) is 0 Å². The summed E-state index contributed by atoms with van der Waals surface area (Å²) >= 11 is 0. The molecule has 2 unspecified atom stereocenters. The van der Waals surface area contributed by atoms with Gasteiger partial charge in [0.1, 0.15) is 6.10 Å². The SMILES string of the molecule is CCN1CCCC1CN(C)C(=O)C(CN)OC. The van der Waals surface area contributed by atoms with E-state index in [0.717, 1.165) is 19.6 Å². The molecule has 0 saturated carbocycles. The van der Waals surface area contributed by atoms with Crippen molar-refractivity contribution in [2.75, 3.05) is 40.3 Å². The predicted molar refractivity (Wildman–Crippen MR) is 67.8 cm³/mol. The Bertz CT molecular complexity index is 244. The Balaban J connectivity index is 2.47. The van der Waals surface area contributed by atoms with Crippen LogP contribution in [0.2, 0.25) is 0 Å². The van der Waals surface area contributed by atoms with E-state index >= 15 is 0 Å². The van der Waals surface area contributed by atoms with E-state index in [4.69, 9.17) is 10.5 Å². The van der Waals surface area contributed by atoms with Crippen LogP contribution in [0.15, 0.2) is 0 Å². The molecule has 1 rings (SSSR count). The van der Waals surface area contributed by atoms with E-state index in [1.54, 1.807) is 4.90 Å². The molecule has 0 aliphatic carbocycles. The summed E-state index contributed by atoms with van der Waals surface area (Å²) in [4.78, 5) is 16.2. The highest BCUT2D eigenvalue weighted by atomic mass is 16.5. The van der Waals surface area contributed by atoms with Gasteiger partial charge in [-0.2, -0.15) is 0 Å². The van der Waals surface area contributed by atoms with Crippen LogP contribution in [0.25, 0.3) is 0 Å². The van der Waals surface area contributed by atoms with E-state index in [1.807, 2.05) is 7.05 Å². The van der Waals surface area contributed by atoms with Gasteiger partial charge in [0.05, 0.1) is 0 Å². The first kappa shape index (κ1) is 14.4. The number of likely N-dealkylation sites (N-methyl/N-ethyl adjacent to an activating group) is 2. The van der Waals surface area contributed by atoms with E-state index < -0.39 is 6.10 Å². The molecular weight excluding hydrogens is 218 g/mol.